The molecule has 0 spiro atoms. The van der Waals surface area contributed by atoms with Crippen molar-refractivity contribution in [1.29, 1.82) is 0 Å². The zero-order valence-electron chi connectivity index (χ0n) is 8.42. The summed E-state index contributed by atoms with van der Waals surface area (Å²) in [5.41, 5.74) is 5.20. The van der Waals surface area contributed by atoms with Crippen LogP contribution in [0.1, 0.15) is 19.3 Å². The van der Waals surface area contributed by atoms with Crippen LogP contribution in [0.5, 0.6) is 0 Å². The molecule has 0 aromatic rings. The van der Waals surface area contributed by atoms with Crippen molar-refractivity contribution in [3.63, 3.8) is 0 Å². The van der Waals surface area contributed by atoms with Crippen molar-refractivity contribution in [3.05, 3.63) is 0 Å². The molecule has 0 bridgehead atoms. The van der Waals surface area contributed by atoms with Gasteiger partial charge in [-0.3, -0.25) is 4.79 Å². The van der Waals surface area contributed by atoms with E-state index in [2.05, 4.69) is 0 Å². The van der Waals surface area contributed by atoms with Crippen molar-refractivity contribution in [2.75, 3.05) is 18.8 Å². The number of aliphatic carboxylic acids is 1. The summed E-state index contributed by atoms with van der Waals surface area (Å²) in [6.45, 7) is 0.962. The molecule has 0 saturated carbocycles. The summed E-state index contributed by atoms with van der Waals surface area (Å²) in [7, 11) is -3.50. The van der Waals surface area contributed by atoms with Crippen molar-refractivity contribution in [2.45, 2.75) is 25.3 Å². The molecule has 1 aliphatic rings. The highest BCUT2D eigenvalue weighted by Gasteiger charge is 2.28. The average molecular weight is 236 g/mol. The van der Waals surface area contributed by atoms with Crippen LogP contribution in [0.2, 0.25) is 0 Å². The van der Waals surface area contributed by atoms with Gasteiger partial charge in [0.1, 0.15) is 6.04 Å². The highest BCUT2D eigenvalue weighted by molar-refractivity contribution is 7.89. The summed E-state index contributed by atoms with van der Waals surface area (Å²) in [4.78, 5) is 10.5. The van der Waals surface area contributed by atoms with E-state index in [0.29, 0.717) is 13.1 Å². The Morgan fingerprint density at radius 3 is 2.33 bits per heavy atom. The van der Waals surface area contributed by atoms with Gasteiger partial charge in [0.05, 0.1) is 5.75 Å². The van der Waals surface area contributed by atoms with Crippen molar-refractivity contribution < 1.29 is 18.3 Å². The number of carboxylic acid groups (broad SMARTS) is 1. The van der Waals surface area contributed by atoms with Gasteiger partial charge in [-0.05, 0) is 12.8 Å². The van der Waals surface area contributed by atoms with Crippen LogP contribution in [0, 0.1) is 0 Å². The number of hydrogen-bond donors (Lipinski definition) is 2. The first-order chi connectivity index (χ1) is 6.93. The van der Waals surface area contributed by atoms with Crippen LogP contribution < -0.4 is 5.73 Å². The maximum absolute atomic E-state index is 11.7. The average Bonchev–Trinajstić information content (AvgIpc) is 2.18. The fourth-order valence-corrected chi connectivity index (χ4v) is 3.17. The molecule has 7 heteroatoms. The van der Waals surface area contributed by atoms with Gasteiger partial charge in [0.15, 0.2) is 0 Å². The Labute approximate surface area is 89.1 Å². The summed E-state index contributed by atoms with van der Waals surface area (Å²) in [6, 6.07) is -1.34. The third kappa shape index (κ3) is 3.44. The smallest absolute Gasteiger partial charge is 0.321 e. The fraction of sp³-hybridized carbons (Fsp3) is 0.875. The first-order valence-corrected chi connectivity index (χ1v) is 6.50. The lowest BCUT2D eigenvalue weighted by Gasteiger charge is -2.26. The zero-order valence-corrected chi connectivity index (χ0v) is 9.24. The first kappa shape index (κ1) is 12.4. The SMILES string of the molecule is NC(CS(=O)(=O)N1CCCCC1)C(=O)O. The molecule has 1 fully saturated rings. The molecule has 0 amide bonds. The highest BCUT2D eigenvalue weighted by atomic mass is 32.2. The number of piperidine rings is 1. The lowest BCUT2D eigenvalue weighted by Crippen LogP contribution is -2.45. The second-order valence-corrected chi connectivity index (χ2v) is 5.70. The normalized spacial score (nSPS) is 21.1. The Bertz CT molecular complexity index is 322. The molecule has 1 atom stereocenters. The molecule has 6 nitrogen and oxygen atoms in total. The quantitative estimate of drug-likeness (QED) is 0.666. The summed E-state index contributed by atoms with van der Waals surface area (Å²) in [5.74, 6) is -1.79. The Kier molecular flexibility index (Phi) is 4.06. The van der Waals surface area contributed by atoms with Crippen molar-refractivity contribution in [3.8, 4) is 0 Å². The van der Waals surface area contributed by atoms with E-state index in [9.17, 15) is 13.2 Å². The number of nitrogens with zero attached hydrogens (tertiary/aromatic N) is 1. The topological polar surface area (TPSA) is 101 Å². The first-order valence-electron chi connectivity index (χ1n) is 4.90. The van der Waals surface area contributed by atoms with Crippen LogP contribution in [-0.4, -0.2) is 48.7 Å². The Morgan fingerprint density at radius 2 is 1.87 bits per heavy atom. The molecule has 0 aromatic heterocycles. The lowest BCUT2D eigenvalue weighted by atomic mass is 10.2. The van der Waals surface area contributed by atoms with Gasteiger partial charge in [-0.1, -0.05) is 6.42 Å². The van der Waals surface area contributed by atoms with Gasteiger partial charge in [-0.2, -0.15) is 0 Å². The largest absolute Gasteiger partial charge is 0.480 e. The van der Waals surface area contributed by atoms with Crippen LogP contribution in [0.4, 0.5) is 0 Å². The minimum Gasteiger partial charge on any atom is -0.480 e. The van der Waals surface area contributed by atoms with Gasteiger partial charge < -0.3 is 10.8 Å². The third-order valence-corrected chi connectivity index (χ3v) is 4.35. The molecule has 88 valence electrons. The number of hydrogen-bond acceptors (Lipinski definition) is 4. The third-order valence-electron chi connectivity index (χ3n) is 2.42. The van der Waals surface area contributed by atoms with E-state index < -0.39 is 27.8 Å². The van der Waals surface area contributed by atoms with Gasteiger partial charge in [0, 0.05) is 13.1 Å². The van der Waals surface area contributed by atoms with Gasteiger partial charge in [0.2, 0.25) is 10.0 Å². The van der Waals surface area contributed by atoms with Gasteiger partial charge in [0.25, 0.3) is 0 Å². The van der Waals surface area contributed by atoms with Crippen LogP contribution in [-0.2, 0) is 14.8 Å². The van der Waals surface area contributed by atoms with Crippen molar-refractivity contribution >= 4 is 16.0 Å². The number of carboxylic acids is 1. The maximum Gasteiger partial charge on any atom is 0.321 e. The molecule has 0 aromatic carbocycles. The van der Waals surface area contributed by atoms with E-state index in [-0.39, 0.29) is 0 Å². The van der Waals surface area contributed by atoms with E-state index in [0.717, 1.165) is 19.3 Å². The Balaban J connectivity index is 2.61. The molecular weight excluding hydrogens is 220 g/mol. The summed E-state index contributed by atoms with van der Waals surface area (Å²) >= 11 is 0. The van der Waals surface area contributed by atoms with Crippen LogP contribution in [0.25, 0.3) is 0 Å². The molecule has 15 heavy (non-hydrogen) atoms. The molecule has 1 aliphatic heterocycles. The number of nitrogens with two attached hydrogens (primary N) is 1. The van der Waals surface area contributed by atoms with Crippen LogP contribution >= 0.6 is 0 Å². The van der Waals surface area contributed by atoms with E-state index in [1.165, 1.54) is 4.31 Å². The van der Waals surface area contributed by atoms with Crippen LogP contribution in [0.15, 0.2) is 0 Å². The number of carbonyl (C=O) groups is 1. The molecule has 1 saturated heterocycles. The minimum atomic E-state index is -3.50. The Hall–Kier alpha value is -0.660. The maximum atomic E-state index is 11.7. The summed E-state index contributed by atoms with van der Waals surface area (Å²) in [5, 5.41) is 8.54. The summed E-state index contributed by atoms with van der Waals surface area (Å²) < 4.78 is 24.7. The molecule has 0 aliphatic carbocycles. The molecule has 0 radical (unpaired) electrons. The van der Waals surface area contributed by atoms with Crippen LogP contribution in [0.3, 0.4) is 0 Å². The van der Waals surface area contributed by atoms with E-state index >= 15 is 0 Å². The van der Waals surface area contributed by atoms with Gasteiger partial charge in [-0.15, -0.1) is 0 Å². The number of sulfonamides is 1. The minimum absolute atomic E-state index is 0.481. The predicted octanol–water partition coefficient (Wildman–Crippen LogP) is -0.786. The van der Waals surface area contributed by atoms with E-state index in [1.54, 1.807) is 0 Å². The van der Waals surface area contributed by atoms with Crippen molar-refractivity contribution in [1.82, 2.24) is 4.31 Å². The zero-order chi connectivity index (χ0) is 11.5. The highest BCUT2D eigenvalue weighted by Crippen LogP contribution is 2.13. The molecular formula is C8H16N2O4S. The molecule has 1 rings (SSSR count). The number of rotatable bonds is 4. The fourth-order valence-electron chi connectivity index (χ4n) is 1.55. The van der Waals surface area contributed by atoms with E-state index in [4.69, 9.17) is 10.8 Å². The second kappa shape index (κ2) is 4.91. The molecule has 3 N–H and O–H groups in total. The Morgan fingerprint density at radius 1 is 1.33 bits per heavy atom. The molecule has 1 unspecified atom stereocenters. The van der Waals surface area contributed by atoms with Crippen molar-refractivity contribution in [2.24, 2.45) is 5.73 Å². The summed E-state index contributed by atoms with van der Waals surface area (Å²) in [6.07, 6.45) is 2.69. The van der Waals surface area contributed by atoms with Gasteiger partial charge >= 0.3 is 5.97 Å². The van der Waals surface area contributed by atoms with E-state index in [1.807, 2.05) is 0 Å². The second-order valence-electron chi connectivity index (χ2n) is 3.68. The monoisotopic (exact) mass is 236 g/mol. The molecule has 1 heterocycles. The predicted molar refractivity (Wildman–Crippen MR) is 54.8 cm³/mol. The lowest BCUT2D eigenvalue weighted by molar-refractivity contribution is -0.137. The standard InChI is InChI=1S/C8H16N2O4S/c9-7(8(11)12)6-15(13,14)10-4-2-1-3-5-10/h7H,1-6,9H2,(H,11,12). The van der Waals surface area contributed by atoms with Gasteiger partial charge in [-0.25, -0.2) is 12.7 Å².